The van der Waals surface area contributed by atoms with E-state index in [0.29, 0.717) is 13.2 Å². The van der Waals surface area contributed by atoms with Gasteiger partial charge in [-0.25, -0.2) is 0 Å². The van der Waals surface area contributed by atoms with Gasteiger partial charge in [-0.3, -0.25) is 9.36 Å². The number of aromatic nitrogens is 1. The number of nitrogens with zero attached hydrogens (tertiary/aromatic N) is 1. The van der Waals surface area contributed by atoms with Crippen molar-refractivity contribution in [2.75, 3.05) is 18.9 Å². The molecular weight excluding hydrogens is 387 g/mol. The lowest BCUT2D eigenvalue weighted by Gasteiger charge is -2.12. The van der Waals surface area contributed by atoms with Gasteiger partial charge >= 0.3 is 6.18 Å². The van der Waals surface area contributed by atoms with Crippen molar-refractivity contribution in [3.05, 3.63) is 38.7 Å². The van der Waals surface area contributed by atoms with Crippen LogP contribution in [0.15, 0.2) is 24.3 Å². The fourth-order valence-electron chi connectivity index (χ4n) is 2.71. The van der Waals surface area contributed by atoms with Crippen LogP contribution in [0.1, 0.15) is 28.1 Å². The van der Waals surface area contributed by atoms with E-state index in [1.165, 1.54) is 16.7 Å². The van der Waals surface area contributed by atoms with Crippen molar-refractivity contribution in [3.63, 3.8) is 0 Å². The van der Waals surface area contributed by atoms with Crippen LogP contribution < -0.4 is 11.1 Å². The van der Waals surface area contributed by atoms with Crippen LogP contribution in [0, 0.1) is 3.95 Å². The molecule has 1 aliphatic rings. The first-order chi connectivity index (χ1) is 12.3. The number of rotatable bonds is 4. The molecule has 1 atom stereocenters. The number of amides is 1. The van der Waals surface area contributed by atoms with E-state index in [1.54, 1.807) is 0 Å². The average molecular weight is 403 g/mol. The Morgan fingerprint density at radius 2 is 2.23 bits per heavy atom. The number of nitrogen functional groups attached to an aromatic ring is 1. The van der Waals surface area contributed by atoms with E-state index in [2.05, 4.69) is 5.32 Å². The van der Waals surface area contributed by atoms with Crippen molar-refractivity contribution in [3.8, 4) is 5.69 Å². The van der Waals surface area contributed by atoms with Crippen LogP contribution in [-0.2, 0) is 10.9 Å². The highest BCUT2D eigenvalue weighted by Gasteiger charge is 2.31. The number of thiazole rings is 1. The monoisotopic (exact) mass is 403 g/mol. The summed E-state index contributed by atoms with van der Waals surface area (Å²) in [5.74, 6) is -0.399. The molecule has 0 spiro atoms. The molecule has 3 N–H and O–H groups in total. The maximum absolute atomic E-state index is 12.9. The Balaban J connectivity index is 1.86. The first-order valence-corrected chi connectivity index (χ1v) is 9.08. The molecule has 1 aromatic carbocycles. The largest absolute Gasteiger partial charge is 0.416 e. The zero-order valence-corrected chi connectivity index (χ0v) is 15.1. The minimum absolute atomic E-state index is 0.0177. The Hall–Kier alpha value is -1.91. The predicted molar refractivity (Wildman–Crippen MR) is 95.2 cm³/mol. The van der Waals surface area contributed by atoms with Crippen LogP contribution in [0.5, 0.6) is 0 Å². The highest BCUT2D eigenvalue weighted by atomic mass is 32.1. The third-order valence-corrected chi connectivity index (χ3v) is 5.39. The van der Waals surface area contributed by atoms with Gasteiger partial charge in [0.05, 0.1) is 11.7 Å². The Morgan fingerprint density at radius 1 is 1.46 bits per heavy atom. The van der Waals surface area contributed by atoms with Gasteiger partial charge in [-0.2, -0.15) is 13.2 Å². The second kappa shape index (κ2) is 7.37. The van der Waals surface area contributed by atoms with Gasteiger partial charge in [0, 0.05) is 18.8 Å². The highest BCUT2D eigenvalue weighted by molar-refractivity contribution is 7.73. The first-order valence-electron chi connectivity index (χ1n) is 7.86. The predicted octanol–water partition coefficient (Wildman–Crippen LogP) is 3.78. The fourth-order valence-corrected chi connectivity index (χ4v) is 3.99. The molecule has 1 aromatic heterocycles. The van der Waals surface area contributed by atoms with E-state index in [4.69, 9.17) is 22.7 Å². The topological polar surface area (TPSA) is 69.3 Å². The Kier molecular flexibility index (Phi) is 5.35. The molecule has 1 aliphatic heterocycles. The molecule has 140 valence electrons. The molecule has 26 heavy (non-hydrogen) atoms. The lowest BCUT2D eigenvalue weighted by molar-refractivity contribution is -0.137. The van der Waals surface area contributed by atoms with Crippen molar-refractivity contribution in [1.29, 1.82) is 0 Å². The number of benzene rings is 1. The number of halogens is 3. The molecule has 0 radical (unpaired) electrons. The normalized spacial score (nSPS) is 17.4. The van der Waals surface area contributed by atoms with Gasteiger partial charge in [0.15, 0.2) is 3.95 Å². The van der Waals surface area contributed by atoms with Gasteiger partial charge in [-0.15, -0.1) is 0 Å². The number of anilines is 1. The molecule has 0 aliphatic carbocycles. The number of nitrogens with one attached hydrogen (secondary N) is 1. The zero-order chi connectivity index (χ0) is 18.9. The maximum Gasteiger partial charge on any atom is 0.416 e. The molecule has 5 nitrogen and oxygen atoms in total. The Morgan fingerprint density at radius 3 is 2.88 bits per heavy atom. The van der Waals surface area contributed by atoms with Gasteiger partial charge in [0.2, 0.25) is 0 Å². The minimum Gasteiger partial charge on any atom is -0.383 e. The molecule has 1 saturated heterocycles. The summed E-state index contributed by atoms with van der Waals surface area (Å²) in [6, 6.07) is 4.65. The van der Waals surface area contributed by atoms with E-state index < -0.39 is 17.6 Å². The van der Waals surface area contributed by atoms with Crippen LogP contribution in [0.4, 0.5) is 19.0 Å². The molecule has 1 fully saturated rings. The summed E-state index contributed by atoms with van der Waals surface area (Å²) < 4.78 is 45.7. The second-order valence-electron chi connectivity index (χ2n) is 5.81. The lowest BCUT2D eigenvalue weighted by Crippen LogP contribution is -2.31. The maximum atomic E-state index is 12.9. The quantitative estimate of drug-likeness (QED) is 0.763. The molecule has 0 bridgehead atoms. The van der Waals surface area contributed by atoms with Crippen molar-refractivity contribution in [2.24, 2.45) is 0 Å². The van der Waals surface area contributed by atoms with Gasteiger partial charge in [-0.05, 0) is 43.3 Å². The van der Waals surface area contributed by atoms with E-state index in [9.17, 15) is 18.0 Å². The summed E-state index contributed by atoms with van der Waals surface area (Å²) in [6.07, 6.45) is -2.69. The second-order valence-corrected chi connectivity index (χ2v) is 7.46. The first kappa shape index (κ1) is 18.9. The smallest absolute Gasteiger partial charge is 0.383 e. The van der Waals surface area contributed by atoms with Gasteiger partial charge in [0.1, 0.15) is 10.7 Å². The van der Waals surface area contributed by atoms with Crippen molar-refractivity contribution < 1.29 is 22.7 Å². The number of alkyl halides is 3. The number of carbonyl (C=O) groups is 1. The van der Waals surface area contributed by atoms with E-state index in [0.717, 1.165) is 36.3 Å². The lowest BCUT2D eigenvalue weighted by atomic mass is 10.2. The van der Waals surface area contributed by atoms with Gasteiger partial charge in [0.25, 0.3) is 5.91 Å². The minimum atomic E-state index is -4.48. The Labute approximate surface area is 156 Å². The van der Waals surface area contributed by atoms with E-state index in [-0.39, 0.29) is 26.4 Å². The van der Waals surface area contributed by atoms with Crippen molar-refractivity contribution >= 4 is 35.3 Å². The molecular formula is C16H16F3N3O2S2. The summed E-state index contributed by atoms with van der Waals surface area (Å²) in [6.45, 7) is 1.03. The Bertz CT molecular complexity index is 870. The van der Waals surface area contributed by atoms with Crippen LogP contribution in [0.3, 0.4) is 0 Å². The van der Waals surface area contributed by atoms with Gasteiger partial charge in [-0.1, -0.05) is 17.4 Å². The number of ether oxygens (including phenoxy) is 1. The zero-order valence-electron chi connectivity index (χ0n) is 13.5. The third-order valence-electron chi connectivity index (χ3n) is 4.00. The van der Waals surface area contributed by atoms with Crippen LogP contribution >= 0.6 is 23.6 Å². The molecule has 10 heteroatoms. The molecule has 1 amide bonds. The number of hydrogen-bond acceptors (Lipinski definition) is 5. The number of carbonyl (C=O) groups excluding carboxylic acids is 1. The van der Waals surface area contributed by atoms with Crippen molar-refractivity contribution in [1.82, 2.24) is 9.88 Å². The highest BCUT2D eigenvalue weighted by Crippen LogP contribution is 2.32. The third kappa shape index (κ3) is 3.92. The van der Waals surface area contributed by atoms with Gasteiger partial charge < -0.3 is 15.8 Å². The van der Waals surface area contributed by atoms with Crippen LogP contribution in [-0.4, -0.2) is 29.7 Å². The van der Waals surface area contributed by atoms with Crippen LogP contribution in [0.25, 0.3) is 5.69 Å². The summed E-state index contributed by atoms with van der Waals surface area (Å²) >= 11 is 6.16. The molecule has 3 rings (SSSR count). The summed E-state index contributed by atoms with van der Waals surface area (Å²) in [7, 11) is 0. The molecule has 2 aromatic rings. The SMILES string of the molecule is Nc1c(C(=O)NCC2CCCO2)sc(=S)n1-c1cccc(C(F)(F)F)c1. The molecule has 1 unspecified atom stereocenters. The van der Waals surface area contributed by atoms with Crippen LogP contribution in [0.2, 0.25) is 0 Å². The summed E-state index contributed by atoms with van der Waals surface area (Å²) in [5.41, 5.74) is 5.36. The average Bonchev–Trinajstić information content (AvgIpc) is 3.20. The van der Waals surface area contributed by atoms with E-state index >= 15 is 0 Å². The summed E-state index contributed by atoms with van der Waals surface area (Å²) in [5, 5.41) is 2.74. The molecule has 2 heterocycles. The standard InChI is InChI=1S/C16H16F3N3O2S2/c17-16(18,19)9-3-1-4-10(7-9)22-13(20)12(26-15(22)25)14(23)21-8-11-5-2-6-24-11/h1,3-4,7,11H,2,5-6,8,20H2,(H,21,23). The number of hydrogen-bond donors (Lipinski definition) is 2. The number of nitrogens with two attached hydrogens (primary N) is 1. The fraction of sp³-hybridized carbons (Fsp3) is 0.375. The summed E-state index contributed by atoms with van der Waals surface area (Å²) in [4.78, 5) is 12.5. The van der Waals surface area contributed by atoms with E-state index in [1.807, 2.05) is 0 Å². The molecule has 0 saturated carbocycles. The van der Waals surface area contributed by atoms with Crippen molar-refractivity contribution in [2.45, 2.75) is 25.1 Å².